The number of H-pyrrole nitrogens is 1. The van der Waals surface area contributed by atoms with Gasteiger partial charge >= 0.3 is 0 Å². The molecule has 1 saturated carbocycles. The summed E-state index contributed by atoms with van der Waals surface area (Å²) >= 11 is 5.45. The zero-order valence-electron chi connectivity index (χ0n) is 11.8. The number of rotatable bonds is 4. The average molecular weight is 294 g/mol. The molecular weight excluding hydrogens is 276 g/mol. The molecule has 3 rings (SSSR count). The van der Waals surface area contributed by atoms with Gasteiger partial charge in [0.05, 0.1) is 31.4 Å². The number of aromatic amines is 1. The molecule has 6 heteroatoms. The van der Waals surface area contributed by atoms with Gasteiger partial charge in [-0.15, -0.1) is 0 Å². The van der Waals surface area contributed by atoms with Crippen LogP contribution in [0.4, 0.5) is 0 Å². The number of hydrogen-bond acceptors (Lipinski definition) is 4. The van der Waals surface area contributed by atoms with E-state index < -0.39 is 0 Å². The summed E-state index contributed by atoms with van der Waals surface area (Å²) in [5, 5.41) is 0. The van der Waals surface area contributed by atoms with E-state index in [1.54, 1.807) is 21.3 Å². The van der Waals surface area contributed by atoms with E-state index >= 15 is 0 Å². The van der Waals surface area contributed by atoms with Crippen LogP contribution in [0, 0.1) is 4.77 Å². The SMILES string of the molecule is COc1cc2[nH]c(=S)n(C3CC(OC)C3)c2cc1OC. The third-order valence-electron chi connectivity index (χ3n) is 3.99. The zero-order valence-corrected chi connectivity index (χ0v) is 12.6. The van der Waals surface area contributed by atoms with Gasteiger partial charge in [-0.05, 0) is 25.1 Å². The first-order chi connectivity index (χ1) is 9.67. The number of imidazole rings is 1. The monoisotopic (exact) mass is 294 g/mol. The minimum atomic E-state index is 0.340. The summed E-state index contributed by atoms with van der Waals surface area (Å²) in [7, 11) is 5.02. The van der Waals surface area contributed by atoms with Crippen LogP contribution in [-0.2, 0) is 4.74 Å². The normalized spacial score (nSPS) is 21.8. The lowest BCUT2D eigenvalue weighted by molar-refractivity contribution is 0.00697. The van der Waals surface area contributed by atoms with Gasteiger partial charge in [0.25, 0.3) is 0 Å². The first-order valence-electron chi connectivity index (χ1n) is 6.57. The lowest BCUT2D eigenvalue weighted by Crippen LogP contribution is -2.32. The Morgan fingerprint density at radius 2 is 1.80 bits per heavy atom. The molecule has 5 nitrogen and oxygen atoms in total. The fourth-order valence-electron chi connectivity index (χ4n) is 2.76. The van der Waals surface area contributed by atoms with Crippen molar-refractivity contribution in [3.05, 3.63) is 16.9 Å². The van der Waals surface area contributed by atoms with Crippen LogP contribution in [0.2, 0.25) is 0 Å². The van der Waals surface area contributed by atoms with Crippen LogP contribution in [0.15, 0.2) is 12.1 Å². The second kappa shape index (κ2) is 5.10. The maximum Gasteiger partial charge on any atom is 0.178 e. The van der Waals surface area contributed by atoms with E-state index in [9.17, 15) is 0 Å². The highest BCUT2D eigenvalue weighted by Crippen LogP contribution is 2.39. The largest absolute Gasteiger partial charge is 0.493 e. The Morgan fingerprint density at radius 1 is 1.15 bits per heavy atom. The zero-order chi connectivity index (χ0) is 14.3. The van der Waals surface area contributed by atoms with Crippen molar-refractivity contribution in [2.45, 2.75) is 25.0 Å². The summed E-state index contributed by atoms with van der Waals surface area (Å²) in [6.07, 6.45) is 2.32. The Labute approximate surface area is 122 Å². The van der Waals surface area contributed by atoms with E-state index in [0.717, 1.165) is 28.6 Å². The summed E-state index contributed by atoms with van der Waals surface area (Å²) < 4.78 is 18.9. The van der Waals surface area contributed by atoms with Crippen LogP contribution in [0.1, 0.15) is 18.9 Å². The number of methoxy groups -OCH3 is 3. The van der Waals surface area contributed by atoms with Crippen molar-refractivity contribution in [3.63, 3.8) is 0 Å². The lowest BCUT2D eigenvalue weighted by Gasteiger charge is -2.35. The van der Waals surface area contributed by atoms with Crippen molar-refractivity contribution in [1.82, 2.24) is 9.55 Å². The van der Waals surface area contributed by atoms with Crippen molar-refractivity contribution < 1.29 is 14.2 Å². The Hall–Kier alpha value is -1.53. The number of benzene rings is 1. The smallest absolute Gasteiger partial charge is 0.178 e. The van der Waals surface area contributed by atoms with Crippen LogP contribution in [0.25, 0.3) is 11.0 Å². The van der Waals surface area contributed by atoms with E-state index in [4.69, 9.17) is 26.4 Å². The summed E-state index contributed by atoms with van der Waals surface area (Å²) in [6.45, 7) is 0. The molecule has 1 heterocycles. The minimum Gasteiger partial charge on any atom is -0.493 e. The van der Waals surface area contributed by atoms with Crippen molar-refractivity contribution >= 4 is 23.3 Å². The fourth-order valence-corrected chi connectivity index (χ4v) is 3.11. The molecule has 0 amide bonds. The molecule has 0 spiro atoms. The van der Waals surface area contributed by atoms with Gasteiger partial charge in [-0.2, -0.15) is 0 Å². The Balaban J connectivity index is 2.08. The van der Waals surface area contributed by atoms with Crippen LogP contribution >= 0.6 is 12.2 Å². The molecule has 2 aromatic rings. The maximum absolute atomic E-state index is 5.45. The Kier molecular flexibility index (Phi) is 3.43. The highest BCUT2D eigenvalue weighted by molar-refractivity contribution is 7.71. The third kappa shape index (κ3) is 1.99. The van der Waals surface area contributed by atoms with E-state index in [-0.39, 0.29) is 0 Å². The van der Waals surface area contributed by atoms with Crippen molar-refractivity contribution in [1.29, 1.82) is 0 Å². The summed E-state index contributed by atoms with van der Waals surface area (Å²) in [5.74, 6) is 1.41. The highest BCUT2D eigenvalue weighted by atomic mass is 32.1. The van der Waals surface area contributed by atoms with Crippen molar-refractivity contribution in [2.75, 3.05) is 21.3 Å². The molecule has 0 bridgehead atoms. The van der Waals surface area contributed by atoms with Crippen LogP contribution < -0.4 is 9.47 Å². The van der Waals surface area contributed by atoms with Gasteiger partial charge in [-0.1, -0.05) is 0 Å². The molecule has 0 atom stereocenters. The molecule has 108 valence electrons. The Bertz CT molecular complexity index is 686. The predicted octanol–water partition coefficient (Wildman–Crippen LogP) is 3.07. The average Bonchev–Trinajstić information content (AvgIpc) is 2.72. The van der Waals surface area contributed by atoms with Gasteiger partial charge < -0.3 is 23.8 Å². The van der Waals surface area contributed by atoms with E-state index in [2.05, 4.69) is 9.55 Å². The lowest BCUT2D eigenvalue weighted by atomic mass is 9.89. The number of nitrogens with one attached hydrogen (secondary N) is 1. The molecular formula is C14H18N2O3S. The molecule has 0 unspecified atom stereocenters. The third-order valence-corrected chi connectivity index (χ3v) is 4.29. The standard InChI is InChI=1S/C14H18N2O3S/c1-17-9-4-8(5-9)16-11-7-13(19-3)12(18-2)6-10(11)15-14(16)20/h6-9H,4-5H2,1-3H3,(H,15,20). The number of fused-ring (bicyclic) bond motifs is 1. The van der Waals surface area contributed by atoms with Crippen molar-refractivity contribution in [3.8, 4) is 11.5 Å². The number of nitrogens with zero attached hydrogens (tertiary/aromatic N) is 1. The van der Waals surface area contributed by atoms with E-state index in [0.29, 0.717) is 23.6 Å². The molecule has 1 aromatic heterocycles. The molecule has 0 radical (unpaired) electrons. The van der Waals surface area contributed by atoms with Crippen LogP contribution in [0.5, 0.6) is 11.5 Å². The predicted molar refractivity (Wildman–Crippen MR) is 79.3 cm³/mol. The molecule has 20 heavy (non-hydrogen) atoms. The van der Waals surface area contributed by atoms with Gasteiger partial charge in [-0.3, -0.25) is 0 Å². The minimum absolute atomic E-state index is 0.340. The second-order valence-electron chi connectivity index (χ2n) is 5.01. The first kappa shape index (κ1) is 13.5. The van der Waals surface area contributed by atoms with Crippen LogP contribution in [0.3, 0.4) is 0 Å². The maximum atomic E-state index is 5.45. The molecule has 0 saturated heterocycles. The van der Waals surface area contributed by atoms with Crippen molar-refractivity contribution in [2.24, 2.45) is 0 Å². The Morgan fingerprint density at radius 3 is 2.40 bits per heavy atom. The summed E-state index contributed by atoms with van der Waals surface area (Å²) in [4.78, 5) is 3.24. The molecule has 1 fully saturated rings. The molecule has 1 aliphatic carbocycles. The topological polar surface area (TPSA) is 48.4 Å². The molecule has 1 aromatic carbocycles. The number of aromatic nitrogens is 2. The summed E-state index contributed by atoms with van der Waals surface area (Å²) in [5.41, 5.74) is 2.01. The molecule has 1 aliphatic rings. The van der Waals surface area contributed by atoms with Gasteiger partial charge in [0, 0.05) is 25.3 Å². The summed E-state index contributed by atoms with van der Waals surface area (Å²) in [6, 6.07) is 4.28. The molecule has 1 N–H and O–H groups in total. The van der Waals surface area contributed by atoms with Crippen LogP contribution in [-0.4, -0.2) is 37.0 Å². The highest BCUT2D eigenvalue weighted by Gasteiger charge is 2.32. The van der Waals surface area contributed by atoms with E-state index in [1.165, 1.54) is 0 Å². The second-order valence-corrected chi connectivity index (χ2v) is 5.39. The fraction of sp³-hybridized carbons (Fsp3) is 0.500. The van der Waals surface area contributed by atoms with Gasteiger partial charge in [0.15, 0.2) is 16.3 Å². The quantitative estimate of drug-likeness (QED) is 0.880. The van der Waals surface area contributed by atoms with Gasteiger partial charge in [-0.25, -0.2) is 0 Å². The number of hydrogen-bond donors (Lipinski definition) is 1. The number of ether oxygens (including phenoxy) is 3. The first-order valence-corrected chi connectivity index (χ1v) is 6.97. The van der Waals surface area contributed by atoms with Gasteiger partial charge in [0.1, 0.15) is 0 Å². The molecule has 0 aliphatic heterocycles. The van der Waals surface area contributed by atoms with E-state index in [1.807, 2.05) is 12.1 Å². The van der Waals surface area contributed by atoms with Gasteiger partial charge in [0.2, 0.25) is 0 Å².